The van der Waals surface area contributed by atoms with E-state index in [-0.39, 0.29) is 6.10 Å². The van der Waals surface area contributed by atoms with Gasteiger partial charge in [0, 0.05) is 26.2 Å². The molecule has 3 nitrogen and oxygen atoms in total. The van der Waals surface area contributed by atoms with E-state index in [9.17, 15) is 0 Å². The number of nitrogens with zero attached hydrogens (tertiary/aromatic N) is 1. The van der Waals surface area contributed by atoms with Gasteiger partial charge in [-0.05, 0) is 24.1 Å². The van der Waals surface area contributed by atoms with E-state index in [1.54, 1.807) is 0 Å². The zero-order valence-corrected chi connectivity index (χ0v) is 12.0. The van der Waals surface area contributed by atoms with Gasteiger partial charge in [-0.2, -0.15) is 0 Å². The Morgan fingerprint density at radius 2 is 2.22 bits per heavy atom. The Morgan fingerprint density at radius 3 is 2.94 bits per heavy atom. The summed E-state index contributed by atoms with van der Waals surface area (Å²) < 4.78 is 5.55. The second kappa shape index (κ2) is 6.22. The Balaban J connectivity index is 2.07. The predicted octanol–water partition coefficient (Wildman–Crippen LogP) is 2.46. The van der Waals surface area contributed by atoms with Crippen molar-refractivity contribution in [1.29, 1.82) is 0 Å². The van der Waals surface area contributed by atoms with E-state index in [1.165, 1.54) is 5.56 Å². The van der Waals surface area contributed by atoms with Gasteiger partial charge < -0.3 is 10.5 Å². The predicted molar refractivity (Wildman–Crippen MR) is 75.3 cm³/mol. The van der Waals surface area contributed by atoms with Crippen LogP contribution >= 0.6 is 23.2 Å². The summed E-state index contributed by atoms with van der Waals surface area (Å²) in [4.78, 5) is 2.34. The molecule has 0 bridgehead atoms. The van der Waals surface area contributed by atoms with Crippen molar-refractivity contribution in [3.8, 4) is 0 Å². The molecule has 0 unspecified atom stereocenters. The largest absolute Gasteiger partial charge is 0.374 e. The molecule has 1 aromatic rings. The van der Waals surface area contributed by atoms with Crippen molar-refractivity contribution in [2.24, 2.45) is 5.73 Å². The van der Waals surface area contributed by atoms with Crippen molar-refractivity contribution >= 4 is 23.2 Å². The molecule has 2 N–H and O–H groups in total. The number of morpholine rings is 1. The molecule has 0 aromatic heterocycles. The van der Waals surface area contributed by atoms with E-state index in [0.717, 1.165) is 31.8 Å². The van der Waals surface area contributed by atoms with Gasteiger partial charge in [0.15, 0.2) is 0 Å². The normalized spacial score (nSPS) is 21.2. The molecule has 2 rings (SSSR count). The fraction of sp³-hybridized carbons (Fsp3) is 0.538. The Hall–Kier alpha value is -0.320. The number of benzene rings is 1. The number of rotatable bonds is 3. The first-order valence-corrected chi connectivity index (χ1v) is 6.85. The van der Waals surface area contributed by atoms with Crippen molar-refractivity contribution < 1.29 is 4.74 Å². The summed E-state index contributed by atoms with van der Waals surface area (Å²) in [7, 11) is 0. The number of hydrogen-bond donors (Lipinski definition) is 1. The van der Waals surface area contributed by atoms with Gasteiger partial charge in [0.05, 0.1) is 22.8 Å². The molecular weight excluding hydrogens is 271 g/mol. The molecule has 0 amide bonds. The van der Waals surface area contributed by atoms with Crippen molar-refractivity contribution in [2.75, 3.05) is 26.2 Å². The van der Waals surface area contributed by atoms with E-state index >= 15 is 0 Å². The van der Waals surface area contributed by atoms with E-state index in [2.05, 4.69) is 4.90 Å². The fourth-order valence-corrected chi connectivity index (χ4v) is 2.56. The van der Waals surface area contributed by atoms with Gasteiger partial charge in [0.1, 0.15) is 0 Å². The molecule has 0 saturated carbocycles. The monoisotopic (exact) mass is 288 g/mol. The molecule has 5 heteroatoms. The minimum absolute atomic E-state index is 0.141. The summed E-state index contributed by atoms with van der Waals surface area (Å²) in [5, 5.41) is 1.26. The van der Waals surface area contributed by atoms with Crippen LogP contribution in [-0.2, 0) is 11.3 Å². The highest BCUT2D eigenvalue weighted by atomic mass is 35.5. The summed E-state index contributed by atoms with van der Waals surface area (Å²) in [6.07, 6.45) is 0.141. The maximum atomic E-state index is 6.16. The average Bonchev–Trinajstić information content (AvgIpc) is 2.40. The minimum Gasteiger partial charge on any atom is -0.374 e. The van der Waals surface area contributed by atoms with Crippen LogP contribution in [0, 0.1) is 6.92 Å². The van der Waals surface area contributed by atoms with E-state index in [0.29, 0.717) is 16.6 Å². The second-order valence-electron chi connectivity index (χ2n) is 4.61. The van der Waals surface area contributed by atoms with Crippen LogP contribution in [0.15, 0.2) is 12.1 Å². The highest BCUT2D eigenvalue weighted by Gasteiger charge is 2.20. The third kappa shape index (κ3) is 3.16. The summed E-state index contributed by atoms with van der Waals surface area (Å²) >= 11 is 12.2. The SMILES string of the molecule is Cc1c(CN2CCO[C@@H](CN)C2)ccc(Cl)c1Cl. The van der Waals surface area contributed by atoms with Crippen LogP contribution in [0.5, 0.6) is 0 Å². The van der Waals surface area contributed by atoms with Gasteiger partial charge in [-0.15, -0.1) is 0 Å². The Bertz CT molecular complexity index is 426. The molecule has 1 fully saturated rings. The Kier molecular flexibility index (Phi) is 4.87. The van der Waals surface area contributed by atoms with E-state index in [4.69, 9.17) is 33.7 Å². The Morgan fingerprint density at radius 1 is 1.44 bits per heavy atom. The summed E-state index contributed by atoms with van der Waals surface area (Å²) in [5.74, 6) is 0. The molecule has 100 valence electrons. The van der Waals surface area contributed by atoms with E-state index in [1.807, 2.05) is 19.1 Å². The number of nitrogens with two attached hydrogens (primary N) is 1. The van der Waals surface area contributed by atoms with Gasteiger partial charge in [0.25, 0.3) is 0 Å². The molecule has 1 aromatic carbocycles. The van der Waals surface area contributed by atoms with Crippen LogP contribution in [-0.4, -0.2) is 37.2 Å². The lowest BCUT2D eigenvalue weighted by Gasteiger charge is -2.32. The summed E-state index contributed by atoms with van der Waals surface area (Å²) in [5.41, 5.74) is 7.91. The van der Waals surface area contributed by atoms with Gasteiger partial charge in [-0.3, -0.25) is 4.90 Å². The summed E-state index contributed by atoms with van der Waals surface area (Å²) in [6.45, 7) is 5.97. The van der Waals surface area contributed by atoms with Crippen molar-refractivity contribution in [3.63, 3.8) is 0 Å². The van der Waals surface area contributed by atoms with Crippen LogP contribution in [0.2, 0.25) is 10.0 Å². The maximum Gasteiger partial charge on any atom is 0.0824 e. The third-order valence-electron chi connectivity index (χ3n) is 3.33. The van der Waals surface area contributed by atoms with Crippen LogP contribution in [0.1, 0.15) is 11.1 Å². The van der Waals surface area contributed by atoms with Gasteiger partial charge >= 0.3 is 0 Å². The topological polar surface area (TPSA) is 38.5 Å². The minimum atomic E-state index is 0.141. The number of ether oxygens (including phenoxy) is 1. The molecule has 1 saturated heterocycles. The molecule has 0 radical (unpaired) electrons. The van der Waals surface area contributed by atoms with Gasteiger partial charge in [-0.25, -0.2) is 0 Å². The van der Waals surface area contributed by atoms with Gasteiger partial charge in [-0.1, -0.05) is 29.3 Å². The first kappa shape index (κ1) is 14.1. The highest BCUT2D eigenvalue weighted by Crippen LogP contribution is 2.28. The average molecular weight is 289 g/mol. The molecule has 1 aliphatic heterocycles. The lowest BCUT2D eigenvalue weighted by atomic mass is 10.1. The van der Waals surface area contributed by atoms with Crippen molar-refractivity contribution in [1.82, 2.24) is 4.90 Å². The standard InChI is InChI=1S/C13H18Cl2N2O/c1-9-10(2-3-12(14)13(9)15)7-17-4-5-18-11(6-16)8-17/h2-3,11H,4-8,16H2,1H3/t11-/m0/s1. The molecule has 1 heterocycles. The van der Waals surface area contributed by atoms with Crippen LogP contribution < -0.4 is 5.73 Å². The molecule has 0 spiro atoms. The quantitative estimate of drug-likeness (QED) is 0.929. The molecular formula is C13H18Cl2N2O. The smallest absolute Gasteiger partial charge is 0.0824 e. The zero-order chi connectivity index (χ0) is 13.1. The number of halogens is 2. The lowest BCUT2D eigenvalue weighted by molar-refractivity contribution is -0.0261. The second-order valence-corrected chi connectivity index (χ2v) is 5.39. The molecule has 0 aliphatic carbocycles. The number of hydrogen-bond acceptors (Lipinski definition) is 3. The van der Waals surface area contributed by atoms with E-state index < -0.39 is 0 Å². The maximum absolute atomic E-state index is 6.16. The third-order valence-corrected chi connectivity index (χ3v) is 4.23. The fourth-order valence-electron chi connectivity index (χ4n) is 2.17. The zero-order valence-electron chi connectivity index (χ0n) is 10.5. The molecule has 1 atom stereocenters. The Labute approximate surface area is 118 Å². The first-order valence-electron chi connectivity index (χ1n) is 6.09. The summed E-state index contributed by atoms with van der Waals surface area (Å²) in [6, 6.07) is 3.89. The van der Waals surface area contributed by atoms with Crippen molar-refractivity contribution in [2.45, 2.75) is 19.6 Å². The first-order chi connectivity index (χ1) is 8.61. The van der Waals surface area contributed by atoms with Crippen LogP contribution in [0.3, 0.4) is 0 Å². The van der Waals surface area contributed by atoms with Crippen molar-refractivity contribution in [3.05, 3.63) is 33.3 Å². The van der Waals surface area contributed by atoms with Gasteiger partial charge in [0.2, 0.25) is 0 Å². The lowest BCUT2D eigenvalue weighted by Crippen LogP contribution is -2.45. The highest BCUT2D eigenvalue weighted by molar-refractivity contribution is 6.42. The molecule has 1 aliphatic rings. The van der Waals surface area contributed by atoms with Crippen LogP contribution in [0.25, 0.3) is 0 Å². The van der Waals surface area contributed by atoms with Crippen LogP contribution in [0.4, 0.5) is 0 Å². The molecule has 18 heavy (non-hydrogen) atoms.